The van der Waals surface area contributed by atoms with E-state index in [-0.39, 0.29) is 0 Å². The summed E-state index contributed by atoms with van der Waals surface area (Å²) in [4.78, 5) is 0. The molecule has 1 aromatic rings. The predicted molar refractivity (Wildman–Crippen MR) is 89.5 cm³/mol. The lowest BCUT2D eigenvalue weighted by molar-refractivity contribution is 0.313. The van der Waals surface area contributed by atoms with Crippen LogP contribution in [0.4, 0.5) is 0 Å². The average molecular weight is 544 g/mol. The Morgan fingerprint density at radius 1 is 1.14 bits per heavy atom. The molecule has 0 aromatic heterocycles. The first-order valence-electron chi connectivity index (χ1n) is 4.42. The van der Waals surface area contributed by atoms with Crippen LogP contribution in [0, 0.1) is 10.7 Å². The number of hydrogen-bond donors (Lipinski definition) is 0. The van der Waals surface area contributed by atoms with Crippen molar-refractivity contribution in [2.45, 2.75) is 12.5 Å². The van der Waals surface area contributed by atoms with Gasteiger partial charge >= 0.3 is 0 Å². The van der Waals surface area contributed by atoms with Gasteiger partial charge < -0.3 is 4.74 Å². The molecule has 5 heteroatoms. The third-order valence-electron chi connectivity index (χ3n) is 1.71. The van der Waals surface area contributed by atoms with Crippen LogP contribution >= 0.6 is 67.8 Å². The molecule has 0 amide bonds. The van der Waals surface area contributed by atoms with Crippen molar-refractivity contribution in [2.75, 3.05) is 6.61 Å². The fourth-order valence-corrected chi connectivity index (χ4v) is 5.17. The Hall–Kier alpha value is 1.43. The Morgan fingerprint density at radius 2 is 1.71 bits per heavy atom. The second-order valence-corrected chi connectivity index (χ2v) is 7.47. The minimum Gasteiger partial charge on any atom is -0.491 e. The maximum absolute atomic E-state index is 5.77. The van der Waals surface area contributed by atoms with Crippen molar-refractivity contribution in [1.82, 2.24) is 0 Å². The maximum atomic E-state index is 5.77. The largest absolute Gasteiger partial charge is 0.491 e. The molecule has 1 nitrogen and oxygen atoms in total. The van der Waals surface area contributed by atoms with E-state index in [1.807, 2.05) is 0 Å². The summed E-state index contributed by atoms with van der Waals surface area (Å²) < 4.78 is 9.47. The first kappa shape index (κ1) is 13.5. The molecule has 0 aliphatic carbocycles. The van der Waals surface area contributed by atoms with Gasteiger partial charge in [-0.2, -0.15) is 0 Å². The summed E-state index contributed by atoms with van der Waals surface area (Å²) in [6, 6.07) is 5.62. The fourth-order valence-electron chi connectivity index (χ4n) is 0.985. The number of halogens is 3. The highest BCUT2D eigenvalue weighted by molar-refractivity contribution is 14.1. The number of rotatable bonds is 4. The van der Waals surface area contributed by atoms with Gasteiger partial charge in [-0.05, 0) is 86.3 Å². The summed E-state index contributed by atoms with van der Waals surface area (Å²) in [5.74, 6) is 1.06. The van der Waals surface area contributed by atoms with E-state index in [2.05, 4.69) is 79.9 Å². The van der Waals surface area contributed by atoms with Crippen molar-refractivity contribution >= 4 is 78.0 Å². The Morgan fingerprint density at radius 3 is 2.21 bits per heavy atom. The van der Waals surface area contributed by atoms with E-state index in [1.54, 1.807) is 0 Å². The molecule has 0 saturated carbocycles. The minimum absolute atomic E-state index is 0.857. The molecule has 0 bridgehead atoms. The van der Waals surface area contributed by atoms with E-state index in [0.717, 1.165) is 12.4 Å². The zero-order valence-electron chi connectivity index (χ0n) is 7.82. The first-order chi connectivity index (χ1) is 6.65. The summed E-state index contributed by atoms with van der Waals surface area (Å²) in [6.07, 6.45) is 1.18. The second-order valence-electron chi connectivity index (χ2n) is 2.90. The van der Waals surface area contributed by atoms with Crippen molar-refractivity contribution in [1.29, 1.82) is 0 Å². The van der Waals surface area contributed by atoms with Crippen molar-refractivity contribution in [3.05, 3.63) is 22.8 Å². The van der Waals surface area contributed by atoms with Crippen LogP contribution in [0.2, 0.25) is 6.04 Å². The molecule has 0 fully saturated rings. The topological polar surface area (TPSA) is 9.23 Å². The second kappa shape index (κ2) is 6.89. The summed E-state index contributed by atoms with van der Waals surface area (Å²) >= 11 is 7.01. The highest BCUT2D eigenvalue weighted by atomic mass is 127. The lowest BCUT2D eigenvalue weighted by atomic mass is 10.3. The molecule has 0 N–H and O–H groups in total. The molecule has 0 aliphatic heterocycles. The van der Waals surface area contributed by atoms with Gasteiger partial charge in [-0.1, -0.05) is 6.04 Å². The molecule has 0 atom stereocenters. The van der Waals surface area contributed by atoms with E-state index in [0.29, 0.717) is 0 Å². The summed E-state index contributed by atoms with van der Waals surface area (Å²) in [7, 11) is 1.28. The quantitative estimate of drug-likeness (QED) is 0.322. The molecular weight excluding hydrogens is 533 g/mol. The fraction of sp³-hybridized carbons (Fsp3) is 0.333. The van der Waals surface area contributed by atoms with Gasteiger partial charge in [0.05, 0.1) is 13.7 Å². The number of benzene rings is 1. The van der Waals surface area contributed by atoms with Gasteiger partial charge in [0.2, 0.25) is 0 Å². The molecular formula is C9H11I3OSi. The normalized spacial score (nSPS) is 10.5. The smallest absolute Gasteiger partial charge is 0.145 e. The van der Waals surface area contributed by atoms with Crippen LogP contribution in [0.1, 0.15) is 6.42 Å². The van der Waals surface area contributed by atoms with Crippen LogP contribution in [0.25, 0.3) is 0 Å². The van der Waals surface area contributed by atoms with Crippen LogP contribution in [0.5, 0.6) is 5.75 Å². The van der Waals surface area contributed by atoms with E-state index >= 15 is 0 Å². The van der Waals surface area contributed by atoms with Gasteiger partial charge in [-0.25, -0.2) is 0 Å². The van der Waals surface area contributed by atoms with Gasteiger partial charge in [-0.3, -0.25) is 0 Å². The molecule has 0 spiro atoms. The summed E-state index contributed by atoms with van der Waals surface area (Å²) in [6.45, 7) is 0.857. The standard InChI is InChI=1S/C9H11I3OSi/c10-6-4-7(11)9(8(12)5-6)13-2-1-3-14/h4-5H,1-3H2,14H3. The summed E-state index contributed by atoms with van der Waals surface area (Å²) in [5, 5.41) is 0. The van der Waals surface area contributed by atoms with Crippen molar-refractivity contribution in [3.63, 3.8) is 0 Å². The van der Waals surface area contributed by atoms with Crippen LogP contribution < -0.4 is 4.74 Å². The lowest BCUT2D eigenvalue weighted by Gasteiger charge is -2.10. The predicted octanol–water partition coefficient (Wildman–Crippen LogP) is 3.05. The van der Waals surface area contributed by atoms with Crippen LogP contribution in [0.15, 0.2) is 12.1 Å². The minimum atomic E-state index is 0.857. The summed E-state index contributed by atoms with van der Waals surface area (Å²) in [5.41, 5.74) is 0. The third kappa shape index (κ3) is 4.12. The van der Waals surface area contributed by atoms with Crippen molar-refractivity contribution in [3.8, 4) is 5.75 Å². The molecule has 1 aromatic carbocycles. The molecule has 0 heterocycles. The number of ether oxygens (including phenoxy) is 1. The molecule has 1 rings (SSSR count). The molecule has 0 unspecified atom stereocenters. The third-order valence-corrected chi connectivity index (χ3v) is 4.64. The molecule has 0 radical (unpaired) electrons. The van der Waals surface area contributed by atoms with Crippen LogP contribution in [-0.2, 0) is 0 Å². The maximum Gasteiger partial charge on any atom is 0.145 e. The first-order valence-corrected chi connectivity index (χ1v) is 9.07. The van der Waals surface area contributed by atoms with E-state index in [1.165, 1.54) is 33.4 Å². The van der Waals surface area contributed by atoms with Gasteiger partial charge in [0.15, 0.2) is 0 Å². The van der Waals surface area contributed by atoms with Gasteiger partial charge in [0.25, 0.3) is 0 Å². The highest BCUT2D eigenvalue weighted by Crippen LogP contribution is 2.29. The number of hydrogen-bond acceptors (Lipinski definition) is 1. The van der Waals surface area contributed by atoms with Gasteiger partial charge in [0, 0.05) is 13.8 Å². The zero-order valence-corrected chi connectivity index (χ0v) is 16.3. The Kier molecular flexibility index (Phi) is 6.64. The molecule has 14 heavy (non-hydrogen) atoms. The molecule has 0 aliphatic rings. The lowest BCUT2D eigenvalue weighted by Crippen LogP contribution is -2.00. The zero-order chi connectivity index (χ0) is 10.6. The average Bonchev–Trinajstić information content (AvgIpc) is 2.09. The van der Waals surface area contributed by atoms with Gasteiger partial charge in [-0.15, -0.1) is 0 Å². The van der Waals surface area contributed by atoms with E-state index < -0.39 is 0 Å². The molecule has 78 valence electrons. The van der Waals surface area contributed by atoms with E-state index in [4.69, 9.17) is 4.74 Å². The Labute approximate surface area is 129 Å². The monoisotopic (exact) mass is 544 g/mol. The van der Waals surface area contributed by atoms with Crippen molar-refractivity contribution in [2.24, 2.45) is 0 Å². The van der Waals surface area contributed by atoms with Crippen molar-refractivity contribution < 1.29 is 4.74 Å². The highest BCUT2D eigenvalue weighted by Gasteiger charge is 2.07. The van der Waals surface area contributed by atoms with Crippen LogP contribution in [-0.4, -0.2) is 16.8 Å². The molecule has 0 saturated heterocycles. The van der Waals surface area contributed by atoms with Crippen LogP contribution in [0.3, 0.4) is 0 Å². The Balaban J connectivity index is 2.75. The van der Waals surface area contributed by atoms with Gasteiger partial charge in [0.1, 0.15) is 5.75 Å². The Bertz CT molecular complexity index is 294. The van der Waals surface area contributed by atoms with E-state index in [9.17, 15) is 0 Å². The SMILES string of the molecule is [SiH3]CCCOc1c(I)cc(I)cc1I.